The Labute approximate surface area is 125 Å². The maximum absolute atomic E-state index is 12.3. The molecule has 3 nitrogen and oxygen atoms in total. The van der Waals surface area contributed by atoms with E-state index in [4.69, 9.17) is 18.0 Å². The van der Waals surface area contributed by atoms with E-state index >= 15 is 0 Å². The molecule has 2 rings (SSSR count). The predicted molar refractivity (Wildman–Crippen MR) is 85.5 cm³/mol. The van der Waals surface area contributed by atoms with E-state index in [0.29, 0.717) is 17.5 Å². The Morgan fingerprint density at radius 3 is 2.75 bits per heavy atom. The Balaban J connectivity index is 1.88. The van der Waals surface area contributed by atoms with E-state index in [1.54, 1.807) is 0 Å². The van der Waals surface area contributed by atoms with Gasteiger partial charge in [-0.1, -0.05) is 49.0 Å². The predicted octanol–water partition coefficient (Wildman–Crippen LogP) is 2.36. The SMILES string of the molecule is Cc1cccc(CCNC(=O)C2(C(N)=S)CC(C)C2)c1. The van der Waals surface area contributed by atoms with Crippen molar-refractivity contribution in [3.05, 3.63) is 35.4 Å². The van der Waals surface area contributed by atoms with E-state index < -0.39 is 5.41 Å². The first-order valence-corrected chi connectivity index (χ1v) is 7.48. The topological polar surface area (TPSA) is 55.1 Å². The molecule has 0 unspecified atom stereocenters. The number of benzene rings is 1. The summed E-state index contributed by atoms with van der Waals surface area (Å²) in [5.41, 5.74) is 7.64. The van der Waals surface area contributed by atoms with Crippen LogP contribution in [-0.4, -0.2) is 17.4 Å². The quantitative estimate of drug-likeness (QED) is 0.819. The standard InChI is InChI=1S/C16H22N2OS/c1-11-4-3-5-13(8-11)6-7-18-15(19)16(14(17)20)9-12(2)10-16/h3-5,8,12H,6-7,9-10H2,1-2H3,(H2,17,20)(H,18,19). The van der Waals surface area contributed by atoms with E-state index in [9.17, 15) is 4.79 Å². The number of aryl methyl sites for hydroxylation is 1. The van der Waals surface area contributed by atoms with Gasteiger partial charge < -0.3 is 11.1 Å². The fourth-order valence-corrected chi connectivity index (χ4v) is 3.24. The summed E-state index contributed by atoms with van der Waals surface area (Å²) in [5, 5.41) is 2.99. The summed E-state index contributed by atoms with van der Waals surface area (Å²) >= 11 is 5.09. The van der Waals surface area contributed by atoms with Crippen molar-refractivity contribution in [3.63, 3.8) is 0 Å². The number of carbonyl (C=O) groups excluding carboxylic acids is 1. The fourth-order valence-electron chi connectivity index (χ4n) is 2.99. The second-order valence-corrected chi connectivity index (χ2v) is 6.39. The third-order valence-corrected chi connectivity index (χ3v) is 4.47. The number of carbonyl (C=O) groups is 1. The second-order valence-electron chi connectivity index (χ2n) is 5.95. The Hall–Kier alpha value is -1.42. The van der Waals surface area contributed by atoms with Crippen LogP contribution in [0.15, 0.2) is 24.3 Å². The molecule has 0 atom stereocenters. The Morgan fingerprint density at radius 1 is 1.50 bits per heavy atom. The van der Waals surface area contributed by atoms with Crippen LogP contribution in [0.3, 0.4) is 0 Å². The number of hydrogen-bond donors (Lipinski definition) is 2. The third-order valence-electron chi connectivity index (χ3n) is 4.08. The van der Waals surface area contributed by atoms with Crippen molar-refractivity contribution in [1.82, 2.24) is 5.32 Å². The van der Waals surface area contributed by atoms with E-state index in [0.717, 1.165) is 19.3 Å². The highest BCUT2D eigenvalue weighted by Gasteiger charge is 2.50. The summed E-state index contributed by atoms with van der Waals surface area (Å²) in [6.45, 7) is 4.82. The van der Waals surface area contributed by atoms with Crippen molar-refractivity contribution in [2.24, 2.45) is 17.1 Å². The maximum atomic E-state index is 12.3. The second kappa shape index (κ2) is 5.92. The van der Waals surface area contributed by atoms with Crippen LogP contribution in [0.25, 0.3) is 0 Å². The van der Waals surface area contributed by atoms with E-state index in [-0.39, 0.29) is 5.91 Å². The largest absolute Gasteiger partial charge is 0.392 e. The normalized spacial score (nSPS) is 24.8. The van der Waals surface area contributed by atoms with Gasteiger partial charge >= 0.3 is 0 Å². The number of nitrogens with one attached hydrogen (secondary N) is 1. The van der Waals surface area contributed by atoms with Crippen LogP contribution < -0.4 is 11.1 Å². The zero-order valence-corrected chi connectivity index (χ0v) is 12.9. The lowest BCUT2D eigenvalue weighted by molar-refractivity contribution is -0.132. The van der Waals surface area contributed by atoms with Crippen LogP contribution in [0.4, 0.5) is 0 Å². The molecule has 0 bridgehead atoms. The number of thiocarbonyl (C=S) groups is 1. The summed E-state index contributed by atoms with van der Waals surface area (Å²) in [7, 11) is 0. The lowest BCUT2D eigenvalue weighted by atomic mass is 9.62. The highest BCUT2D eigenvalue weighted by molar-refractivity contribution is 7.80. The van der Waals surface area contributed by atoms with Crippen molar-refractivity contribution in [2.75, 3.05) is 6.54 Å². The molecule has 0 radical (unpaired) electrons. The van der Waals surface area contributed by atoms with Crippen molar-refractivity contribution >= 4 is 23.1 Å². The third kappa shape index (κ3) is 3.01. The van der Waals surface area contributed by atoms with E-state index in [1.165, 1.54) is 11.1 Å². The molecular formula is C16H22N2OS. The van der Waals surface area contributed by atoms with Crippen molar-refractivity contribution in [3.8, 4) is 0 Å². The van der Waals surface area contributed by atoms with E-state index in [2.05, 4.69) is 37.4 Å². The zero-order chi connectivity index (χ0) is 14.8. The van der Waals surface area contributed by atoms with E-state index in [1.807, 2.05) is 6.07 Å². The number of nitrogens with two attached hydrogens (primary N) is 1. The van der Waals surface area contributed by atoms with Gasteiger partial charge in [0.15, 0.2) is 0 Å². The Kier molecular flexibility index (Phi) is 4.43. The van der Waals surface area contributed by atoms with Crippen LogP contribution in [0.5, 0.6) is 0 Å². The Morgan fingerprint density at radius 2 is 2.20 bits per heavy atom. The number of rotatable bonds is 5. The average molecular weight is 290 g/mol. The number of amides is 1. The van der Waals surface area contributed by atoms with Gasteiger partial charge in [-0.2, -0.15) is 0 Å². The highest BCUT2D eigenvalue weighted by atomic mass is 32.1. The van der Waals surface area contributed by atoms with Gasteiger partial charge in [-0.25, -0.2) is 0 Å². The summed E-state index contributed by atoms with van der Waals surface area (Å²) in [6, 6.07) is 8.32. The van der Waals surface area contributed by atoms with Gasteiger partial charge in [-0.05, 0) is 37.7 Å². The zero-order valence-electron chi connectivity index (χ0n) is 12.1. The minimum atomic E-state index is -0.596. The van der Waals surface area contributed by atoms with Gasteiger partial charge in [0, 0.05) is 6.54 Å². The average Bonchev–Trinajstić information content (AvgIpc) is 2.34. The molecule has 4 heteroatoms. The first-order valence-electron chi connectivity index (χ1n) is 7.08. The van der Waals surface area contributed by atoms with Crippen LogP contribution in [-0.2, 0) is 11.2 Å². The van der Waals surface area contributed by atoms with Crippen molar-refractivity contribution < 1.29 is 4.79 Å². The summed E-state index contributed by atoms with van der Waals surface area (Å²) < 4.78 is 0. The first kappa shape index (κ1) is 15.0. The molecule has 0 spiro atoms. The summed E-state index contributed by atoms with van der Waals surface area (Å²) in [5.74, 6) is 0.523. The highest BCUT2D eigenvalue weighted by Crippen LogP contribution is 2.45. The molecule has 0 heterocycles. The molecular weight excluding hydrogens is 268 g/mol. The number of hydrogen-bond acceptors (Lipinski definition) is 2. The molecule has 3 N–H and O–H groups in total. The molecule has 1 fully saturated rings. The first-order chi connectivity index (χ1) is 9.44. The lowest BCUT2D eigenvalue weighted by Crippen LogP contribution is -2.56. The molecule has 0 aliphatic heterocycles. The molecule has 1 aliphatic carbocycles. The van der Waals surface area contributed by atoms with Crippen LogP contribution in [0.1, 0.15) is 30.9 Å². The molecule has 1 saturated carbocycles. The lowest BCUT2D eigenvalue weighted by Gasteiger charge is -2.44. The van der Waals surface area contributed by atoms with Gasteiger partial charge in [0.05, 0.1) is 10.4 Å². The Bertz CT molecular complexity index is 521. The molecule has 1 aromatic carbocycles. The molecule has 1 amide bonds. The molecule has 1 aromatic rings. The van der Waals surface area contributed by atoms with Crippen molar-refractivity contribution in [2.45, 2.75) is 33.1 Å². The van der Waals surface area contributed by atoms with Gasteiger partial charge in [0.2, 0.25) is 5.91 Å². The molecule has 0 aromatic heterocycles. The maximum Gasteiger partial charge on any atom is 0.233 e. The van der Waals surface area contributed by atoms with Crippen LogP contribution >= 0.6 is 12.2 Å². The van der Waals surface area contributed by atoms with Crippen molar-refractivity contribution in [1.29, 1.82) is 0 Å². The summed E-state index contributed by atoms with van der Waals surface area (Å²) in [6.07, 6.45) is 2.38. The molecule has 20 heavy (non-hydrogen) atoms. The summed E-state index contributed by atoms with van der Waals surface area (Å²) in [4.78, 5) is 12.6. The molecule has 0 saturated heterocycles. The minimum Gasteiger partial charge on any atom is -0.392 e. The molecule has 108 valence electrons. The van der Waals surface area contributed by atoms with Gasteiger partial charge in [-0.15, -0.1) is 0 Å². The van der Waals surface area contributed by atoms with Gasteiger partial charge in [-0.3, -0.25) is 4.79 Å². The minimum absolute atomic E-state index is 0.00393. The monoisotopic (exact) mass is 290 g/mol. The van der Waals surface area contributed by atoms with Gasteiger partial charge in [0.25, 0.3) is 0 Å². The van der Waals surface area contributed by atoms with Gasteiger partial charge in [0.1, 0.15) is 0 Å². The molecule has 1 aliphatic rings. The smallest absolute Gasteiger partial charge is 0.233 e. The van der Waals surface area contributed by atoms with Crippen LogP contribution in [0, 0.1) is 18.3 Å². The fraction of sp³-hybridized carbons (Fsp3) is 0.500. The van der Waals surface area contributed by atoms with Crippen LogP contribution in [0.2, 0.25) is 0 Å².